The Hall–Kier alpha value is -2.90. The largest absolute Gasteiger partial charge is 0.393 e. The predicted molar refractivity (Wildman–Crippen MR) is 71.9 cm³/mol. The molecule has 0 bridgehead atoms. The maximum atomic E-state index is 12.3. The fourth-order valence-electron chi connectivity index (χ4n) is 1.81. The van der Waals surface area contributed by atoms with E-state index >= 15 is 0 Å². The second-order valence-corrected chi connectivity index (χ2v) is 4.26. The minimum Gasteiger partial charge on any atom is -0.393 e. The quantitative estimate of drug-likeness (QED) is 0.493. The molecule has 3 N–H and O–H groups in total. The van der Waals surface area contributed by atoms with Crippen LogP contribution in [-0.4, -0.2) is 33.0 Å². The molecule has 2 rings (SSSR count). The maximum absolute atomic E-state index is 12.3. The molecule has 104 valence electrons. The third-order valence-corrected chi connectivity index (χ3v) is 2.83. The number of aromatic amines is 1. The van der Waals surface area contributed by atoms with Gasteiger partial charge in [-0.25, -0.2) is 0 Å². The van der Waals surface area contributed by atoms with Crippen molar-refractivity contribution in [3.05, 3.63) is 51.8 Å². The van der Waals surface area contributed by atoms with Crippen molar-refractivity contribution in [2.45, 2.75) is 6.54 Å². The summed E-state index contributed by atoms with van der Waals surface area (Å²) in [4.78, 5) is 23.9. The van der Waals surface area contributed by atoms with Crippen LogP contribution in [0.25, 0.3) is 0 Å². The highest BCUT2D eigenvalue weighted by molar-refractivity contribution is 6.00. The van der Waals surface area contributed by atoms with Crippen molar-refractivity contribution in [1.82, 2.24) is 15.1 Å². The molecule has 0 aliphatic rings. The van der Waals surface area contributed by atoms with Gasteiger partial charge in [-0.05, 0) is 6.07 Å². The highest BCUT2D eigenvalue weighted by Crippen LogP contribution is 2.25. The van der Waals surface area contributed by atoms with Gasteiger partial charge in [0.15, 0.2) is 0 Å². The summed E-state index contributed by atoms with van der Waals surface area (Å²) in [5.74, 6) is -0.382. The van der Waals surface area contributed by atoms with Crippen LogP contribution >= 0.6 is 0 Å². The summed E-state index contributed by atoms with van der Waals surface area (Å²) >= 11 is 0. The van der Waals surface area contributed by atoms with Gasteiger partial charge in [0, 0.05) is 31.4 Å². The first-order valence-corrected chi connectivity index (χ1v) is 5.76. The van der Waals surface area contributed by atoms with Gasteiger partial charge in [-0.3, -0.25) is 20.0 Å². The highest BCUT2D eigenvalue weighted by Gasteiger charge is 2.21. The van der Waals surface area contributed by atoms with Crippen molar-refractivity contribution in [3.63, 3.8) is 0 Å². The van der Waals surface area contributed by atoms with Crippen molar-refractivity contribution in [1.29, 1.82) is 0 Å². The zero-order chi connectivity index (χ0) is 14.7. The molecular weight excluding hydrogens is 262 g/mol. The second kappa shape index (κ2) is 5.39. The summed E-state index contributed by atoms with van der Waals surface area (Å²) in [6.07, 6.45) is 3.27. The third kappa shape index (κ3) is 2.58. The van der Waals surface area contributed by atoms with Crippen LogP contribution in [0.2, 0.25) is 0 Å². The molecule has 20 heavy (non-hydrogen) atoms. The molecule has 0 saturated carbocycles. The van der Waals surface area contributed by atoms with Gasteiger partial charge in [0.25, 0.3) is 11.6 Å². The first-order valence-electron chi connectivity index (χ1n) is 5.76. The average molecular weight is 275 g/mol. The number of benzene rings is 1. The average Bonchev–Trinajstić information content (AvgIpc) is 2.90. The van der Waals surface area contributed by atoms with Gasteiger partial charge in [0.05, 0.1) is 16.7 Å². The molecule has 0 radical (unpaired) electrons. The van der Waals surface area contributed by atoms with Crippen LogP contribution < -0.4 is 5.73 Å². The van der Waals surface area contributed by atoms with Crippen LogP contribution in [0.5, 0.6) is 0 Å². The molecule has 2 aromatic rings. The number of hydrogen-bond acceptors (Lipinski definition) is 5. The first-order chi connectivity index (χ1) is 9.50. The van der Waals surface area contributed by atoms with Crippen molar-refractivity contribution in [2.24, 2.45) is 0 Å². The number of nitrogen functional groups attached to an aromatic ring is 1. The summed E-state index contributed by atoms with van der Waals surface area (Å²) in [5, 5.41) is 17.2. The van der Waals surface area contributed by atoms with E-state index in [0.717, 1.165) is 5.56 Å². The lowest BCUT2D eigenvalue weighted by Gasteiger charge is -2.17. The van der Waals surface area contributed by atoms with Gasteiger partial charge >= 0.3 is 0 Å². The van der Waals surface area contributed by atoms with E-state index in [-0.39, 0.29) is 22.8 Å². The topological polar surface area (TPSA) is 118 Å². The number of nitro groups is 1. The monoisotopic (exact) mass is 275 g/mol. The molecular formula is C12H13N5O3. The molecule has 0 unspecified atom stereocenters. The van der Waals surface area contributed by atoms with Gasteiger partial charge in [-0.15, -0.1) is 0 Å². The van der Waals surface area contributed by atoms with E-state index in [2.05, 4.69) is 10.2 Å². The molecule has 0 aliphatic heterocycles. The number of nitro benzene ring substituents is 1. The fourth-order valence-corrected chi connectivity index (χ4v) is 1.81. The molecule has 1 heterocycles. The van der Waals surface area contributed by atoms with Crippen molar-refractivity contribution in [3.8, 4) is 0 Å². The number of nitrogens with one attached hydrogen (secondary N) is 1. The SMILES string of the molecule is CN(Cc1cn[nH]c1)C(=O)c1cccc([N+](=O)[O-])c1N. The number of carbonyl (C=O) groups is 1. The lowest BCUT2D eigenvalue weighted by Crippen LogP contribution is -2.27. The smallest absolute Gasteiger partial charge is 0.292 e. The Balaban J connectivity index is 2.25. The summed E-state index contributed by atoms with van der Waals surface area (Å²) in [5.41, 5.74) is 6.23. The minimum atomic E-state index is -0.609. The minimum absolute atomic E-state index is 0.116. The van der Waals surface area contributed by atoms with Gasteiger partial charge in [0.1, 0.15) is 5.69 Å². The predicted octanol–water partition coefficient (Wildman–Crippen LogP) is 1.17. The van der Waals surface area contributed by atoms with Crippen LogP contribution in [0, 0.1) is 10.1 Å². The fraction of sp³-hybridized carbons (Fsp3) is 0.167. The number of hydrogen-bond donors (Lipinski definition) is 2. The number of carbonyl (C=O) groups excluding carboxylic acids is 1. The number of amides is 1. The van der Waals surface area contributed by atoms with Gasteiger partial charge in [-0.2, -0.15) is 5.10 Å². The van der Waals surface area contributed by atoms with Crippen LogP contribution in [0.4, 0.5) is 11.4 Å². The maximum Gasteiger partial charge on any atom is 0.292 e. The molecule has 0 spiro atoms. The van der Waals surface area contributed by atoms with Crippen LogP contribution in [0.15, 0.2) is 30.6 Å². The summed E-state index contributed by atoms with van der Waals surface area (Å²) in [6.45, 7) is 0.331. The molecule has 1 aromatic heterocycles. The van der Waals surface area contributed by atoms with Gasteiger partial charge in [0.2, 0.25) is 0 Å². The number of anilines is 1. The van der Waals surface area contributed by atoms with E-state index in [0.29, 0.717) is 6.54 Å². The Morgan fingerprint density at radius 2 is 2.30 bits per heavy atom. The number of rotatable bonds is 4. The Morgan fingerprint density at radius 1 is 1.55 bits per heavy atom. The zero-order valence-electron chi connectivity index (χ0n) is 10.7. The summed E-state index contributed by atoms with van der Waals surface area (Å²) in [6, 6.07) is 4.17. The van der Waals surface area contributed by atoms with E-state index in [1.54, 1.807) is 19.4 Å². The summed E-state index contributed by atoms with van der Waals surface area (Å²) in [7, 11) is 1.59. The van der Waals surface area contributed by atoms with Crippen LogP contribution in [0.1, 0.15) is 15.9 Å². The Morgan fingerprint density at radius 3 is 2.90 bits per heavy atom. The molecule has 0 aliphatic carbocycles. The van der Waals surface area contributed by atoms with E-state index in [1.165, 1.54) is 23.1 Å². The molecule has 8 nitrogen and oxygen atoms in total. The number of nitrogens with zero attached hydrogens (tertiary/aromatic N) is 3. The van der Waals surface area contributed by atoms with E-state index < -0.39 is 4.92 Å². The Labute approximate surface area is 114 Å². The van der Waals surface area contributed by atoms with E-state index in [4.69, 9.17) is 5.73 Å². The Kier molecular flexibility index (Phi) is 3.65. The molecule has 1 amide bonds. The number of H-pyrrole nitrogens is 1. The standard InChI is InChI=1S/C12H13N5O3/c1-16(7-8-5-14-15-6-8)12(18)9-3-2-4-10(11(9)13)17(19)20/h2-6H,7,13H2,1H3,(H,14,15). The van der Waals surface area contributed by atoms with Crippen molar-refractivity contribution < 1.29 is 9.72 Å². The molecule has 0 atom stereocenters. The van der Waals surface area contributed by atoms with Gasteiger partial charge in [-0.1, -0.05) is 6.07 Å². The zero-order valence-corrected chi connectivity index (χ0v) is 10.7. The number of para-hydroxylation sites is 1. The second-order valence-electron chi connectivity index (χ2n) is 4.26. The summed E-state index contributed by atoms with van der Waals surface area (Å²) < 4.78 is 0. The van der Waals surface area contributed by atoms with Crippen molar-refractivity contribution in [2.75, 3.05) is 12.8 Å². The molecule has 0 fully saturated rings. The lowest BCUT2D eigenvalue weighted by molar-refractivity contribution is -0.383. The normalized spacial score (nSPS) is 10.2. The molecule has 0 saturated heterocycles. The highest BCUT2D eigenvalue weighted by atomic mass is 16.6. The number of aromatic nitrogens is 2. The Bertz CT molecular complexity index is 639. The van der Waals surface area contributed by atoms with E-state index in [1.807, 2.05) is 0 Å². The van der Waals surface area contributed by atoms with Crippen LogP contribution in [-0.2, 0) is 6.54 Å². The first kappa shape index (κ1) is 13.5. The lowest BCUT2D eigenvalue weighted by atomic mass is 10.1. The number of nitrogens with two attached hydrogens (primary N) is 1. The van der Waals surface area contributed by atoms with E-state index in [9.17, 15) is 14.9 Å². The van der Waals surface area contributed by atoms with Crippen molar-refractivity contribution >= 4 is 17.3 Å². The molecule has 8 heteroatoms. The molecule has 1 aromatic carbocycles. The third-order valence-electron chi connectivity index (χ3n) is 2.83. The van der Waals surface area contributed by atoms with Crippen LogP contribution in [0.3, 0.4) is 0 Å². The van der Waals surface area contributed by atoms with Gasteiger partial charge < -0.3 is 10.6 Å².